The van der Waals surface area contributed by atoms with Crippen LogP contribution in [0.2, 0.25) is 0 Å². The number of hydrogen-bond acceptors (Lipinski definition) is 2. The van der Waals surface area contributed by atoms with Crippen LogP contribution in [0.15, 0.2) is 11.6 Å². The monoisotopic (exact) mass is 234 g/mol. The van der Waals surface area contributed by atoms with E-state index in [2.05, 4.69) is 33.8 Å². The number of Topliss-reactive ketones (excluding diaryl/α,β-unsaturated/α-hetero) is 1. The molecule has 2 fully saturated rings. The highest BCUT2D eigenvalue weighted by atomic mass is 16.5. The van der Waals surface area contributed by atoms with Gasteiger partial charge in [0.2, 0.25) is 0 Å². The topological polar surface area (TPSA) is 26.3 Å². The van der Waals surface area contributed by atoms with E-state index < -0.39 is 5.60 Å². The lowest BCUT2D eigenvalue weighted by atomic mass is 9.53. The zero-order chi connectivity index (χ0) is 12.6. The fraction of sp³-hybridized carbons (Fsp3) is 0.800. The van der Waals surface area contributed by atoms with Crippen molar-refractivity contribution in [1.82, 2.24) is 0 Å². The molecule has 2 heterocycles. The number of ether oxygens (including phenoxy) is 1. The van der Waals surface area contributed by atoms with Gasteiger partial charge in [-0.05, 0) is 39.5 Å². The summed E-state index contributed by atoms with van der Waals surface area (Å²) in [6, 6.07) is 0. The van der Waals surface area contributed by atoms with Gasteiger partial charge in [-0.1, -0.05) is 19.9 Å². The summed E-state index contributed by atoms with van der Waals surface area (Å²) in [5, 5.41) is 0. The highest BCUT2D eigenvalue weighted by molar-refractivity contribution is 5.96. The van der Waals surface area contributed by atoms with E-state index >= 15 is 0 Å². The predicted octanol–water partition coefficient (Wildman–Crippen LogP) is 3.12. The molecule has 3 unspecified atom stereocenters. The van der Waals surface area contributed by atoms with Crippen LogP contribution in [0.5, 0.6) is 0 Å². The zero-order valence-electron chi connectivity index (χ0n) is 11.5. The molecule has 94 valence electrons. The molecule has 2 nitrogen and oxygen atoms in total. The third-order valence-corrected chi connectivity index (χ3v) is 5.92. The molecule has 0 aromatic heterocycles. The molecule has 2 heteroatoms. The first-order valence-corrected chi connectivity index (χ1v) is 6.66. The Kier molecular flexibility index (Phi) is 1.92. The Bertz CT molecular complexity index is 434. The van der Waals surface area contributed by atoms with Crippen molar-refractivity contribution in [1.29, 1.82) is 0 Å². The summed E-state index contributed by atoms with van der Waals surface area (Å²) >= 11 is 0. The van der Waals surface area contributed by atoms with Gasteiger partial charge in [-0.25, -0.2) is 0 Å². The molecule has 2 aliphatic carbocycles. The minimum atomic E-state index is -0.399. The SMILES string of the molecule is CC(=O)C1=CC2C3CCC2(C)O[C@@]1(C)C3(C)C. The molecule has 2 aliphatic heterocycles. The van der Waals surface area contributed by atoms with Crippen molar-refractivity contribution in [3.63, 3.8) is 0 Å². The lowest BCUT2D eigenvalue weighted by Gasteiger charge is -2.61. The highest BCUT2D eigenvalue weighted by Gasteiger charge is 2.68. The van der Waals surface area contributed by atoms with Crippen LogP contribution in [-0.2, 0) is 9.53 Å². The van der Waals surface area contributed by atoms with Crippen LogP contribution in [0.1, 0.15) is 47.5 Å². The lowest BCUT2D eigenvalue weighted by molar-refractivity contribution is -0.240. The van der Waals surface area contributed by atoms with Crippen LogP contribution >= 0.6 is 0 Å². The maximum absolute atomic E-state index is 11.9. The van der Waals surface area contributed by atoms with E-state index in [9.17, 15) is 4.79 Å². The zero-order valence-corrected chi connectivity index (χ0v) is 11.5. The van der Waals surface area contributed by atoms with Gasteiger partial charge in [0.25, 0.3) is 0 Å². The third kappa shape index (κ3) is 1.08. The van der Waals surface area contributed by atoms with Crippen molar-refractivity contribution in [2.45, 2.75) is 58.7 Å². The van der Waals surface area contributed by atoms with E-state index in [0.29, 0.717) is 11.8 Å². The number of carbonyl (C=O) groups excluding carboxylic acids is 1. The van der Waals surface area contributed by atoms with Crippen LogP contribution in [-0.4, -0.2) is 17.0 Å². The van der Waals surface area contributed by atoms with Crippen LogP contribution in [0.25, 0.3) is 0 Å². The Hall–Kier alpha value is -0.630. The van der Waals surface area contributed by atoms with Gasteiger partial charge < -0.3 is 4.74 Å². The second-order valence-electron chi connectivity index (χ2n) is 6.98. The predicted molar refractivity (Wildman–Crippen MR) is 66.7 cm³/mol. The number of ketones is 1. The minimum absolute atomic E-state index is 0.0338. The summed E-state index contributed by atoms with van der Waals surface area (Å²) in [5.41, 5.74) is 0.531. The fourth-order valence-electron chi connectivity index (χ4n) is 4.58. The maximum atomic E-state index is 11.9. The van der Waals surface area contributed by atoms with E-state index in [4.69, 9.17) is 4.74 Å². The van der Waals surface area contributed by atoms with E-state index in [1.54, 1.807) is 6.92 Å². The molecule has 4 atom stereocenters. The van der Waals surface area contributed by atoms with Crippen LogP contribution in [0.3, 0.4) is 0 Å². The van der Waals surface area contributed by atoms with Crippen molar-refractivity contribution in [3.8, 4) is 0 Å². The molecular weight excluding hydrogens is 212 g/mol. The van der Waals surface area contributed by atoms with E-state index in [-0.39, 0.29) is 16.8 Å². The quantitative estimate of drug-likeness (QED) is 0.697. The first-order chi connectivity index (χ1) is 7.72. The Labute approximate surface area is 103 Å². The number of hydrogen-bond donors (Lipinski definition) is 0. The molecule has 4 bridgehead atoms. The Morgan fingerprint density at radius 3 is 2.59 bits per heavy atom. The van der Waals surface area contributed by atoms with Crippen LogP contribution in [0, 0.1) is 17.3 Å². The number of rotatable bonds is 1. The molecule has 1 saturated carbocycles. The Morgan fingerprint density at radius 1 is 1.35 bits per heavy atom. The molecule has 0 spiro atoms. The normalized spacial score (nSPS) is 50.3. The standard InChI is InChI=1S/C15H22O2/c1-9(16)11-8-12-10-6-7-14(12,4)17-15(11,5)13(10,2)3/h8,10,12H,6-7H2,1-5H3/t10?,12?,14?,15-/m1/s1. The van der Waals surface area contributed by atoms with Crippen molar-refractivity contribution in [2.75, 3.05) is 0 Å². The average molecular weight is 234 g/mol. The summed E-state index contributed by atoms with van der Waals surface area (Å²) in [7, 11) is 0. The first kappa shape index (κ1) is 11.5. The minimum Gasteiger partial charge on any atom is -0.363 e. The van der Waals surface area contributed by atoms with Gasteiger partial charge in [0.1, 0.15) is 0 Å². The van der Waals surface area contributed by atoms with Gasteiger partial charge >= 0.3 is 0 Å². The van der Waals surface area contributed by atoms with Gasteiger partial charge in [-0.15, -0.1) is 0 Å². The molecule has 0 aromatic rings. The summed E-state index contributed by atoms with van der Waals surface area (Å²) in [4.78, 5) is 11.9. The summed E-state index contributed by atoms with van der Waals surface area (Å²) < 4.78 is 6.45. The number of carbonyl (C=O) groups is 1. The molecule has 0 aromatic carbocycles. The van der Waals surface area contributed by atoms with E-state index in [1.807, 2.05) is 0 Å². The van der Waals surface area contributed by atoms with Crippen molar-refractivity contribution < 1.29 is 9.53 Å². The Balaban J connectivity index is 2.23. The third-order valence-electron chi connectivity index (χ3n) is 5.92. The van der Waals surface area contributed by atoms with Gasteiger partial charge in [0.05, 0.1) is 11.2 Å². The van der Waals surface area contributed by atoms with Gasteiger partial charge in [-0.2, -0.15) is 0 Å². The summed E-state index contributed by atoms with van der Waals surface area (Å²) in [6.45, 7) is 10.5. The molecule has 0 amide bonds. The molecular formula is C15H22O2. The largest absolute Gasteiger partial charge is 0.363 e. The van der Waals surface area contributed by atoms with E-state index in [1.165, 1.54) is 6.42 Å². The smallest absolute Gasteiger partial charge is 0.158 e. The van der Waals surface area contributed by atoms with Gasteiger partial charge in [0.15, 0.2) is 5.78 Å². The van der Waals surface area contributed by atoms with Crippen molar-refractivity contribution >= 4 is 5.78 Å². The summed E-state index contributed by atoms with van der Waals surface area (Å²) in [6.07, 6.45) is 4.59. The molecule has 1 saturated heterocycles. The van der Waals surface area contributed by atoms with Gasteiger partial charge in [0, 0.05) is 16.9 Å². The van der Waals surface area contributed by atoms with Crippen LogP contribution < -0.4 is 0 Å². The van der Waals surface area contributed by atoms with E-state index in [0.717, 1.165) is 12.0 Å². The molecule has 0 N–H and O–H groups in total. The molecule has 0 radical (unpaired) electrons. The second kappa shape index (κ2) is 2.85. The fourth-order valence-corrected chi connectivity index (χ4v) is 4.58. The van der Waals surface area contributed by atoms with Crippen molar-refractivity contribution in [2.24, 2.45) is 17.3 Å². The second-order valence-corrected chi connectivity index (χ2v) is 6.98. The highest BCUT2D eigenvalue weighted by Crippen LogP contribution is 2.66. The maximum Gasteiger partial charge on any atom is 0.158 e. The molecule has 4 rings (SSSR count). The Morgan fingerprint density at radius 2 is 2.00 bits per heavy atom. The average Bonchev–Trinajstić information content (AvgIpc) is 2.48. The van der Waals surface area contributed by atoms with Crippen molar-refractivity contribution in [3.05, 3.63) is 11.6 Å². The molecule has 17 heavy (non-hydrogen) atoms. The van der Waals surface area contributed by atoms with Gasteiger partial charge in [-0.3, -0.25) is 4.79 Å². The lowest BCUT2D eigenvalue weighted by Crippen LogP contribution is -2.64. The first-order valence-electron chi connectivity index (χ1n) is 6.66. The van der Waals surface area contributed by atoms with Crippen LogP contribution in [0.4, 0.5) is 0 Å². The molecule has 4 aliphatic rings. The summed E-state index contributed by atoms with van der Waals surface area (Å²) in [5.74, 6) is 1.26.